The minimum Gasteiger partial charge on any atom is -0.480 e. The molecule has 0 aromatic carbocycles. The molecule has 1 aromatic heterocycles. The van der Waals surface area contributed by atoms with Crippen LogP contribution in [0.15, 0.2) is 18.5 Å². The molecule has 0 bridgehead atoms. The fraction of sp³-hybridized carbons (Fsp3) is 0.455. The van der Waals surface area contributed by atoms with Gasteiger partial charge in [-0.1, -0.05) is 6.92 Å². The van der Waals surface area contributed by atoms with Crippen LogP contribution < -0.4 is 10.2 Å². The molecule has 0 spiro atoms. The van der Waals surface area contributed by atoms with Crippen LogP contribution >= 0.6 is 0 Å². The summed E-state index contributed by atoms with van der Waals surface area (Å²) >= 11 is 0. The lowest BCUT2D eigenvalue weighted by Crippen LogP contribution is -2.44. The Bertz CT molecular complexity index is 410. The van der Waals surface area contributed by atoms with Crippen LogP contribution in [0.5, 0.6) is 0 Å². The first-order chi connectivity index (χ1) is 8.54. The van der Waals surface area contributed by atoms with Gasteiger partial charge in [0, 0.05) is 19.4 Å². The van der Waals surface area contributed by atoms with Crippen molar-refractivity contribution >= 4 is 17.8 Å². The highest BCUT2D eigenvalue weighted by Crippen LogP contribution is 2.01. The SMILES string of the molecule is CC[C@H](NC(=O)CN(C)c1ncccn1)C(=O)O. The molecule has 0 unspecified atom stereocenters. The summed E-state index contributed by atoms with van der Waals surface area (Å²) in [4.78, 5) is 31.9. The molecule has 0 saturated carbocycles. The summed E-state index contributed by atoms with van der Waals surface area (Å²) in [6.45, 7) is 1.71. The summed E-state index contributed by atoms with van der Waals surface area (Å²) in [5.74, 6) is -1.00. The Kier molecular flexibility index (Phi) is 5.04. The number of carbonyl (C=O) groups excluding carboxylic acids is 1. The molecule has 0 saturated heterocycles. The van der Waals surface area contributed by atoms with Gasteiger partial charge in [0.1, 0.15) is 6.04 Å². The van der Waals surface area contributed by atoms with E-state index in [9.17, 15) is 9.59 Å². The third-order valence-electron chi connectivity index (χ3n) is 2.32. The molecule has 1 atom stereocenters. The highest BCUT2D eigenvalue weighted by Gasteiger charge is 2.18. The Hall–Kier alpha value is -2.18. The zero-order chi connectivity index (χ0) is 13.5. The molecular weight excluding hydrogens is 236 g/mol. The van der Waals surface area contributed by atoms with Gasteiger partial charge in [0.2, 0.25) is 11.9 Å². The molecule has 7 heteroatoms. The topological polar surface area (TPSA) is 95.4 Å². The van der Waals surface area contributed by atoms with E-state index >= 15 is 0 Å². The molecule has 0 radical (unpaired) electrons. The molecule has 1 heterocycles. The van der Waals surface area contributed by atoms with Gasteiger partial charge in [0.05, 0.1) is 6.54 Å². The lowest BCUT2D eigenvalue weighted by atomic mass is 10.2. The summed E-state index contributed by atoms with van der Waals surface area (Å²) in [6.07, 6.45) is 3.48. The quantitative estimate of drug-likeness (QED) is 0.733. The molecule has 18 heavy (non-hydrogen) atoms. The zero-order valence-electron chi connectivity index (χ0n) is 10.3. The van der Waals surface area contributed by atoms with E-state index in [1.807, 2.05) is 0 Å². The number of nitrogens with one attached hydrogen (secondary N) is 1. The Labute approximate surface area is 105 Å². The molecule has 0 aliphatic heterocycles. The molecule has 7 nitrogen and oxygen atoms in total. The van der Waals surface area contributed by atoms with Crippen molar-refractivity contribution in [3.8, 4) is 0 Å². The van der Waals surface area contributed by atoms with E-state index in [1.165, 1.54) is 0 Å². The molecule has 98 valence electrons. The molecular formula is C11H16N4O3. The molecule has 1 aromatic rings. The van der Waals surface area contributed by atoms with Gasteiger partial charge in [0.15, 0.2) is 0 Å². The largest absolute Gasteiger partial charge is 0.480 e. The molecule has 0 aliphatic carbocycles. The van der Waals surface area contributed by atoms with Gasteiger partial charge in [0.25, 0.3) is 0 Å². The van der Waals surface area contributed by atoms with E-state index in [1.54, 1.807) is 37.3 Å². The van der Waals surface area contributed by atoms with E-state index in [0.717, 1.165) is 0 Å². The van der Waals surface area contributed by atoms with Gasteiger partial charge in [-0.25, -0.2) is 14.8 Å². The average molecular weight is 252 g/mol. The Balaban J connectivity index is 2.52. The first-order valence-electron chi connectivity index (χ1n) is 5.55. The van der Waals surface area contributed by atoms with Crippen molar-refractivity contribution in [2.24, 2.45) is 0 Å². The molecule has 0 aliphatic rings. The second kappa shape index (κ2) is 6.53. The van der Waals surface area contributed by atoms with Gasteiger partial charge in [-0.05, 0) is 12.5 Å². The summed E-state index contributed by atoms with van der Waals surface area (Å²) in [5, 5.41) is 11.3. The highest BCUT2D eigenvalue weighted by molar-refractivity contribution is 5.86. The van der Waals surface area contributed by atoms with Crippen molar-refractivity contribution in [1.82, 2.24) is 15.3 Å². The first kappa shape index (κ1) is 13.9. The van der Waals surface area contributed by atoms with Crippen molar-refractivity contribution in [2.75, 3.05) is 18.5 Å². The number of carboxylic acids is 1. The van der Waals surface area contributed by atoms with Crippen molar-refractivity contribution in [1.29, 1.82) is 0 Å². The van der Waals surface area contributed by atoms with E-state index in [2.05, 4.69) is 15.3 Å². The number of rotatable bonds is 6. The van der Waals surface area contributed by atoms with E-state index < -0.39 is 12.0 Å². The lowest BCUT2D eigenvalue weighted by molar-refractivity contribution is -0.141. The van der Waals surface area contributed by atoms with Gasteiger partial charge in [-0.3, -0.25) is 4.79 Å². The van der Waals surface area contributed by atoms with Gasteiger partial charge in [-0.2, -0.15) is 0 Å². The number of carbonyl (C=O) groups is 2. The maximum Gasteiger partial charge on any atom is 0.326 e. The van der Waals surface area contributed by atoms with Crippen molar-refractivity contribution in [2.45, 2.75) is 19.4 Å². The maximum atomic E-state index is 11.6. The van der Waals surface area contributed by atoms with Crippen LogP contribution in [0.1, 0.15) is 13.3 Å². The fourth-order valence-electron chi connectivity index (χ4n) is 1.35. The summed E-state index contributed by atoms with van der Waals surface area (Å²) in [5.41, 5.74) is 0. The van der Waals surface area contributed by atoms with Crippen LogP contribution in [0.3, 0.4) is 0 Å². The van der Waals surface area contributed by atoms with Crippen LogP contribution in [-0.2, 0) is 9.59 Å². The van der Waals surface area contributed by atoms with E-state index in [4.69, 9.17) is 5.11 Å². The Morgan fingerprint density at radius 2 is 2.06 bits per heavy atom. The van der Waals surface area contributed by atoms with Crippen LogP contribution in [-0.4, -0.2) is 46.6 Å². The number of carboxylic acid groups (broad SMARTS) is 1. The minimum absolute atomic E-state index is 0.00773. The van der Waals surface area contributed by atoms with Gasteiger partial charge >= 0.3 is 5.97 Å². The number of anilines is 1. The number of aliphatic carboxylic acids is 1. The zero-order valence-corrected chi connectivity index (χ0v) is 10.3. The summed E-state index contributed by atoms with van der Waals surface area (Å²) < 4.78 is 0. The van der Waals surface area contributed by atoms with Crippen molar-refractivity contribution in [3.63, 3.8) is 0 Å². The Morgan fingerprint density at radius 3 is 2.56 bits per heavy atom. The van der Waals surface area contributed by atoms with Gasteiger partial charge in [-0.15, -0.1) is 0 Å². The number of likely N-dealkylation sites (N-methyl/N-ethyl adjacent to an activating group) is 1. The highest BCUT2D eigenvalue weighted by atomic mass is 16.4. The second-order valence-electron chi connectivity index (χ2n) is 3.77. The fourth-order valence-corrected chi connectivity index (χ4v) is 1.35. The van der Waals surface area contributed by atoms with Crippen LogP contribution in [0.2, 0.25) is 0 Å². The van der Waals surface area contributed by atoms with Crippen LogP contribution in [0, 0.1) is 0 Å². The number of hydrogen-bond donors (Lipinski definition) is 2. The normalized spacial score (nSPS) is 11.7. The Morgan fingerprint density at radius 1 is 1.44 bits per heavy atom. The third kappa shape index (κ3) is 4.00. The molecule has 2 N–H and O–H groups in total. The third-order valence-corrected chi connectivity index (χ3v) is 2.32. The predicted octanol–water partition coefficient (Wildman–Crippen LogP) is -0.108. The number of aromatic nitrogens is 2. The second-order valence-corrected chi connectivity index (χ2v) is 3.77. The van der Waals surface area contributed by atoms with Gasteiger partial charge < -0.3 is 15.3 Å². The standard InChI is InChI=1S/C11H16N4O3/c1-3-8(10(17)18)14-9(16)7-15(2)11-12-5-4-6-13-11/h4-6,8H,3,7H2,1-2H3,(H,14,16)(H,17,18)/t8-/m0/s1. The van der Waals surface area contributed by atoms with Crippen LogP contribution in [0.4, 0.5) is 5.95 Å². The smallest absolute Gasteiger partial charge is 0.326 e. The maximum absolute atomic E-state index is 11.6. The van der Waals surface area contributed by atoms with Crippen LogP contribution in [0.25, 0.3) is 0 Å². The monoisotopic (exact) mass is 252 g/mol. The predicted molar refractivity (Wildman–Crippen MR) is 65.2 cm³/mol. The molecule has 0 fully saturated rings. The van der Waals surface area contributed by atoms with E-state index in [0.29, 0.717) is 12.4 Å². The van der Waals surface area contributed by atoms with Crippen molar-refractivity contribution < 1.29 is 14.7 Å². The molecule has 1 amide bonds. The summed E-state index contributed by atoms with van der Waals surface area (Å²) in [6, 6.07) is 0.817. The van der Waals surface area contributed by atoms with E-state index in [-0.39, 0.29) is 12.5 Å². The average Bonchev–Trinajstić information content (AvgIpc) is 2.36. The number of amides is 1. The molecule has 1 rings (SSSR count). The summed E-state index contributed by atoms with van der Waals surface area (Å²) in [7, 11) is 1.66. The minimum atomic E-state index is -1.04. The first-order valence-corrected chi connectivity index (χ1v) is 5.55. The lowest BCUT2D eigenvalue weighted by Gasteiger charge is -2.18. The number of nitrogens with zero attached hydrogens (tertiary/aromatic N) is 3. The van der Waals surface area contributed by atoms with Crippen molar-refractivity contribution in [3.05, 3.63) is 18.5 Å². The number of hydrogen-bond acceptors (Lipinski definition) is 5.